The molecule has 0 saturated heterocycles. The summed E-state index contributed by atoms with van der Waals surface area (Å²) in [5.41, 5.74) is 10.6. The van der Waals surface area contributed by atoms with Crippen molar-refractivity contribution in [3.8, 4) is 22.3 Å². The topological polar surface area (TPSA) is 53.7 Å². The number of hydrogen-bond donors (Lipinski definition) is 2. The van der Waals surface area contributed by atoms with Crippen molar-refractivity contribution < 1.29 is 0 Å². The van der Waals surface area contributed by atoms with Gasteiger partial charge < -0.3 is 15.2 Å². The molecule has 7 aromatic rings. The van der Waals surface area contributed by atoms with E-state index in [0.717, 1.165) is 28.4 Å². The fourth-order valence-electron chi connectivity index (χ4n) is 7.66. The van der Waals surface area contributed by atoms with E-state index in [1.807, 2.05) is 24.4 Å². The Bertz CT molecular complexity index is 2520. The molecule has 3 heterocycles. The van der Waals surface area contributed by atoms with Crippen LogP contribution in [-0.2, 0) is 0 Å². The van der Waals surface area contributed by atoms with E-state index in [1.54, 1.807) is 0 Å². The van der Waals surface area contributed by atoms with Gasteiger partial charge in [0.1, 0.15) is 17.8 Å². The molecule has 2 aliphatic heterocycles. The highest BCUT2D eigenvalue weighted by molar-refractivity contribution is 6.30. The lowest BCUT2D eigenvalue weighted by atomic mass is 9.93. The van der Waals surface area contributed by atoms with Gasteiger partial charge in [-0.2, -0.15) is 0 Å². The number of aromatic nitrogens is 1. The van der Waals surface area contributed by atoms with Crippen molar-refractivity contribution in [2.75, 3.05) is 0 Å². The van der Waals surface area contributed by atoms with Crippen molar-refractivity contribution in [2.45, 2.75) is 12.3 Å². The minimum Gasteiger partial charge on any atom is -0.346 e. The molecule has 2 atom stereocenters. The molecule has 47 heavy (non-hydrogen) atoms. The molecule has 6 aromatic carbocycles. The molecule has 2 N–H and O–H groups in total. The fourth-order valence-corrected chi connectivity index (χ4v) is 7.66. The first kappa shape index (κ1) is 26.1. The van der Waals surface area contributed by atoms with E-state index in [1.165, 1.54) is 54.8 Å². The molecule has 222 valence electrons. The number of rotatable bonds is 3. The second-order valence-electron chi connectivity index (χ2n) is 12.3. The average molecular weight is 604 g/mol. The molecule has 0 spiro atoms. The minimum atomic E-state index is -0.309. The Kier molecular flexibility index (Phi) is 5.63. The summed E-state index contributed by atoms with van der Waals surface area (Å²) in [6.45, 7) is 0. The van der Waals surface area contributed by atoms with Gasteiger partial charge in [0.2, 0.25) is 0 Å². The maximum atomic E-state index is 5.19. The maximum absolute atomic E-state index is 5.19. The third kappa shape index (κ3) is 3.90. The third-order valence-electron chi connectivity index (χ3n) is 9.69. The van der Waals surface area contributed by atoms with E-state index in [2.05, 4.69) is 143 Å². The van der Waals surface area contributed by atoms with Crippen LogP contribution in [0.4, 0.5) is 0 Å². The van der Waals surface area contributed by atoms with Crippen LogP contribution in [0.2, 0.25) is 0 Å². The van der Waals surface area contributed by atoms with E-state index in [9.17, 15) is 0 Å². The van der Waals surface area contributed by atoms with E-state index in [4.69, 9.17) is 9.98 Å². The number of aliphatic imine (C=N–C) groups is 2. The lowest BCUT2D eigenvalue weighted by Gasteiger charge is -2.31. The summed E-state index contributed by atoms with van der Waals surface area (Å²) in [6, 6.07) is 47.5. The second kappa shape index (κ2) is 10.2. The Morgan fingerprint density at radius 1 is 0.574 bits per heavy atom. The minimum absolute atomic E-state index is 0.256. The third-order valence-corrected chi connectivity index (χ3v) is 9.69. The van der Waals surface area contributed by atoms with Gasteiger partial charge in [-0.1, -0.05) is 121 Å². The van der Waals surface area contributed by atoms with Crippen LogP contribution in [0.5, 0.6) is 0 Å². The molecule has 5 heteroatoms. The number of dihydropyridines is 1. The van der Waals surface area contributed by atoms with E-state index < -0.39 is 0 Å². The number of amidine groups is 1. The number of hydrogen-bond acceptors (Lipinski definition) is 4. The van der Waals surface area contributed by atoms with Crippen molar-refractivity contribution in [1.82, 2.24) is 15.2 Å². The van der Waals surface area contributed by atoms with Gasteiger partial charge in [0.25, 0.3) is 0 Å². The van der Waals surface area contributed by atoms with Crippen LogP contribution in [0.3, 0.4) is 0 Å². The molecule has 2 unspecified atom stereocenters. The van der Waals surface area contributed by atoms with Crippen LogP contribution in [0.1, 0.15) is 23.5 Å². The number of fused-ring (bicyclic) bond motifs is 3. The van der Waals surface area contributed by atoms with Gasteiger partial charge in [0.05, 0.1) is 11.0 Å². The van der Waals surface area contributed by atoms with Gasteiger partial charge in [-0.15, -0.1) is 0 Å². The zero-order chi connectivity index (χ0) is 30.9. The Morgan fingerprint density at radius 2 is 1.26 bits per heavy atom. The van der Waals surface area contributed by atoms with Gasteiger partial charge in [0, 0.05) is 28.1 Å². The average Bonchev–Trinajstić information content (AvgIpc) is 3.43. The molecule has 5 nitrogen and oxygen atoms in total. The summed E-state index contributed by atoms with van der Waals surface area (Å²) in [5.74, 6) is 1.73. The van der Waals surface area contributed by atoms with Gasteiger partial charge in [-0.3, -0.25) is 4.99 Å². The SMILES string of the molecule is C1=CC(=C2NC(c3ccccc3)=NC(c3ccccc3)N2)C(n2c3cccc4c3c3c5c(cccc5ccc32)-c2ccccc2-4)N=C1. The highest BCUT2D eigenvalue weighted by Gasteiger charge is 2.30. The normalized spacial score (nSPS) is 19.5. The van der Waals surface area contributed by atoms with Gasteiger partial charge in [-0.25, -0.2) is 4.99 Å². The molecule has 0 amide bonds. The lowest BCUT2D eigenvalue weighted by molar-refractivity contribution is 0.554. The Hall–Kier alpha value is -6.20. The fraction of sp³-hybridized carbons (Fsp3) is 0.0476. The molecule has 1 aliphatic carbocycles. The summed E-state index contributed by atoms with van der Waals surface area (Å²) in [6.07, 6.45) is 5.57. The summed E-state index contributed by atoms with van der Waals surface area (Å²) in [4.78, 5) is 10.3. The highest BCUT2D eigenvalue weighted by Crippen LogP contribution is 2.50. The first-order valence-corrected chi connectivity index (χ1v) is 16.1. The van der Waals surface area contributed by atoms with E-state index in [-0.39, 0.29) is 12.3 Å². The van der Waals surface area contributed by atoms with Crippen molar-refractivity contribution >= 4 is 44.6 Å². The lowest BCUT2D eigenvalue weighted by Crippen LogP contribution is -2.41. The summed E-state index contributed by atoms with van der Waals surface area (Å²) in [7, 11) is 0. The predicted molar refractivity (Wildman–Crippen MR) is 194 cm³/mol. The number of nitrogens with one attached hydrogen (secondary N) is 2. The second-order valence-corrected chi connectivity index (χ2v) is 12.3. The van der Waals surface area contributed by atoms with Gasteiger partial charge >= 0.3 is 0 Å². The zero-order valence-corrected chi connectivity index (χ0v) is 25.4. The first-order valence-electron chi connectivity index (χ1n) is 16.1. The standard InChI is InChI=1S/C42H29N5/c1-3-12-27(13-4-1)39-44-40(28-14-5-2-6-15-28)46-41(45-39)33-21-11-25-43-42(33)47-34-22-10-20-32-30-18-8-7-17-29(30)31-19-9-16-26-23-24-35(47)38(36(26)31)37(32)34/h1-25,39,42,45H,(H,44,46). The van der Waals surface area contributed by atoms with E-state index in [0.29, 0.717) is 0 Å². The molecule has 1 aromatic heterocycles. The zero-order valence-electron chi connectivity index (χ0n) is 25.4. The van der Waals surface area contributed by atoms with Crippen LogP contribution in [0.15, 0.2) is 167 Å². The molecule has 3 aliphatic rings. The van der Waals surface area contributed by atoms with E-state index >= 15 is 0 Å². The quantitative estimate of drug-likeness (QED) is 0.212. The monoisotopic (exact) mass is 603 g/mol. The van der Waals surface area contributed by atoms with Crippen LogP contribution in [-0.4, -0.2) is 16.6 Å². The van der Waals surface area contributed by atoms with Crippen molar-refractivity contribution in [2.24, 2.45) is 9.98 Å². The number of benzene rings is 6. The molecule has 0 saturated carbocycles. The molecule has 0 radical (unpaired) electrons. The molecular formula is C42H29N5. The van der Waals surface area contributed by atoms with Crippen molar-refractivity contribution in [3.05, 3.63) is 168 Å². The summed E-state index contributed by atoms with van der Waals surface area (Å²) >= 11 is 0. The van der Waals surface area contributed by atoms with Gasteiger partial charge in [-0.05, 0) is 62.9 Å². The smallest absolute Gasteiger partial charge is 0.154 e. The highest BCUT2D eigenvalue weighted by atomic mass is 15.3. The van der Waals surface area contributed by atoms with Crippen LogP contribution in [0, 0.1) is 0 Å². The molecule has 10 rings (SSSR count). The largest absolute Gasteiger partial charge is 0.346 e. The maximum Gasteiger partial charge on any atom is 0.154 e. The molecule has 0 fully saturated rings. The predicted octanol–water partition coefficient (Wildman–Crippen LogP) is 9.28. The number of allylic oxidation sites excluding steroid dienone is 1. The van der Waals surface area contributed by atoms with Crippen LogP contribution in [0.25, 0.3) is 54.8 Å². The number of nitrogens with zero attached hydrogens (tertiary/aromatic N) is 3. The van der Waals surface area contributed by atoms with Crippen LogP contribution >= 0.6 is 0 Å². The Balaban J connectivity index is 1.24. The summed E-state index contributed by atoms with van der Waals surface area (Å²) in [5, 5.41) is 12.5. The Morgan fingerprint density at radius 3 is 2.06 bits per heavy atom. The van der Waals surface area contributed by atoms with Gasteiger partial charge in [0.15, 0.2) is 6.17 Å². The Labute approximate surface area is 271 Å². The first-order chi connectivity index (χ1) is 23.3. The van der Waals surface area contributed by atoms with Crippen LogP contribution < -0.4 is 10.6 Å². The summed E-state index contributed by atoms with van der Waals surface area (Å²) < 4.78 is 2.43. The molecule has 0 bridgehead atoms. The molecular weight excluding hydrogens is 574 g/mol. The van der Waals surface area contributed by atoms with Crippen molar-refractivity contribution in [1.29, 1.82) is 0 Å². The van der Waals surface area contributed by atoms with Crippen molar-refractivity contribution in [3.63, 3.8) is 0 Å².